The highest BCUT2D eigenvalue weighted by atomic mass is 19.2. The molecule has 1 nitrogen and oxygen atoms in total. The van der Waals surface area contributed by atoms with Crippen LogP contribution < -0.4 is 4.74 Å². The van der Waals surface area contributed by atoms with Crippen LogP contribution in [0.25, 0.3) is 6.08 Å². The number of methoxy groups -OCH3 is 1. The fraction of sp³-hybridized carbons (Fsp3) is 0.200. The summed E-state index contributed by atoms with van der Waals surface area (Å²) in [6, 6.07) is 0. The Hall–Kier alpha value is -1.45. The van der Waals surface area contributed by atoms with Crippen molar-refractivity contribution in [2.24, 2.45) is 0 Å². The number of benzene rings is 1. The maximum absolute atomic E-state index is 13.3. The van der Waals surface area contributed by atoms with Gasteiger partial charge in [0.15, 0.2) is 23.2 Å². The van der Waals surface area contributed by atoms with E-state index in [2.05, 4.69) is 11.3 Å². The average Bonchev–Trinajstić information content (AvgIpc) is 2.20. The Balaban J connectivity index is 3.65. The first-order chi connectivity index (χ1) is 6.54. The van der Waals surface area contributed by atoms with E-state index in [1.54, 1.807) is 0 Å². The lowest BCUT2D eigenvalue weighted by molar-refractivity contribution is 0.371. The Bertz CT molecular complexity index is 386. The molecule has 0 unspecified atom stereocenters. The quantitative estimate of drug-likeness (QED) is 0.669. The van der Waals surface area contributed by atoms with Crippen molar-refractivity contribution in [3.8, 4) is 5.75 Å². The zero-order valence-corrected chi connectivity index (χ0v) is 7.83. The van der Waals surface area contributed by atoms with Crippen molar-refractivity contribution >= 4 is 6.08 Å². The van der Waals surface area contributed by atoms with Gasteiger partial charge in [-0.2, -0.15) is 0 Å². The van der Waals surface area contributed by atoms with Crippen LogP contribution in [0.4, 0.5) is 13.2 Å². The Morgan fingerprint density at radius 1 is 1.14 bits per heavy atom. The highest BCUT2D eigenvalue weighted by molar-refractivity contribution is 5.58. The fourth-order valence-corrected chi connectivity index (χ4v) is 1.15. The zero-order valence-electron chi connectivity index (χ0n) is 7.83. The Kier molecular flexibility index (Phi) is 2.84. The molecule has 0 bridgehead atoms. The van der Waals surface area contributed by atoms with E-state index in [4.69, 9.17) is 0 Å². The first-order valence-electron chi connectivity index (χ1n) is 3.88. The second-order valence-corrected chi connectivity index (χ2v) is 2.72. The summed E-state index contributed by atoms with van der Waals surface area (Å²) in [6.07, 6.45) is 1.01. The van der Waals surface area contributed by atoms with Gasteiger partial charge in [-0.3, -0.25) is 0 Å². The lowest BCUT2D eigenvalue weighted by Gasteiger charge is -2.10. The van der Waals surface area contributed by atoms with E-state index in [1.807, 2.05) is 0 Å². The van der Waals surface area contributed by atoms with Gasteiger partial charge in [0.2, 0.25) is 0 Å². The summed E-state index contributed by atoms with van der Waals surface area (Å²) in [7, 11) is 1.18. The number of rotatable bonds is 2. The van der Waals surface area contributed by atoms with Gasteiger partial charge in [0.05, 0.1) is 12.7 Å². The minimum Gasteiger partial charge on any atom is -0.493 e. The van der Waals surface area contributed by atoms with Crippen molar-refractivity contribution in [1.29, 1.82) is 0 Å². The monoisotopic (exact) mass is 202 g/mol. The van der Waals surface area contributed by atoms with Crippen LogP contribution in [-0.2, 0) is 0 Å². The summed E-state index contributed by atoms with van der Waals surface area (Å²) in [4.78, 5) is 0. The van der Waals surface area contributed by atoms with Crippen molar-refractivity contribution in [2.45, 2.75) is 6.92 Å². The molecule has 0 heterocycles. The molecule has 0 saturated carbocycles. The molecule has 0 amide bonds. The average molecular weight is 202 g/mol. The molecule has 0 N–H and O–H groups in total. The molecule has 14 heavy (non-hydrogen) atoms. The molecule has 0 radical (unpaired) electrons. The van der Waals surface area contributed by atoms with Crippen molar-refractivity contribution < 1.29 is 17.9 Å². The lowest BCUT2D eigenvalue weighted by Crippen LogP contribution is -2.02. The first-order valence-corrected chi connectivity index (χ1v) is 3.88. The zero-order chi connectivity index (χ0) is 10.9. The second kappa shape index (κ2) is 3.74. The van der Waals surface area contributed by atoms with Crippen molar-refractivity contribution in [1.82, 2.24) is 0 Å². The molecular weight excluding hydrogens is 193 g/mol. The van der Waals surface area contributed by atoms with Gasteiger partial charge in [-0.1, -0.05) is 12.7 Å². The molecule has 1 rings (SSSR count). The van der Waals surface area contributed by atoms with Crippen molar-refractivity contribution in [2.75, 3.05) is 7.11 Å². The van der Waals surface area contributed by atoms with Crippen molar-refractivity contribution in [3.63, 3.8) is 0 Å². The summed E-state index contributed by atoms with van der Waals surface area (Å²) in [6.45, 7) is 4.40. The Morgan fingerprint density at radius 3 is 2.14 bits per heavy atom. The highest BCUT2D eigenvalue weighted by Gasteiger charge is 2.21. The molecule has 0 aliphatic heterocycles. The van der Waals surface area contributed by atoms with Gasteiger partial charge >= 0.3 is 0 Å². The molecule has 0 aliphatic carbocycles. The van der Waals surface area contributed by atoms with Gasteiger partial charge in [0, 0.05) is 5.56 Å². The molecule has 1 aromatic carbocycles. The van der Waals surface area contributed by atoms with Crippen molar-refractivity contribution in [3.05, 3.63) is 35.2 Å². The molecule has 0 spiro atoms. The van der Waals surface area contributed by atoms with Crippen LogP contribution >= 0.6 is 0 Å². The van der Waals surface area contributed by atoms with Crippen LogP contribution in [-0.4, -0.2) is 7.11 Å². The fourth-order valence-electron chi connectivity index (χ4n) is 1.15. The maximum Gasteiger partial charge on any atom is 0.171 e. The topological polar surface area (TPSA) is 9.23 Å². The Labute approximate surface area is 79.8 Å². The van der Waals surface area contributed by atoms with Crippen LogP contribution in [0.3, 0.4) is 0 Å². The van der Waals surface area contributed by atoms with Crippen LogP contribution in [0.15, 0.2) is 6.58 Å². The summed E-state index contributed by atoms with van der Waals surface area (Å²) >= 11 is 0. The van der Waals surface area contributed by atoms with E-state index < -0.39 is 23.0 Å². The first kappa shape index (κ1) is 10.6. The molecule has 0 aromatic heterocycles. The summed E-state index contributed by atoms with van der Waals surface area (Å²) in [5.74, 6) is -3.58. The van der Waals surface area contributed by atoms with Gasteiger partial charge in [-0.25, -0.2) is 13.2 Å². The summed E-state index contributed by atoms with van der Waals surface area (Å²) in [5.41, 5.74) is -0.696. The van der Waals surface area contributed by atoms with E-state index in [0.29, 0.717) is 0 Å². The molecule has 76 valence electrons. The third kappa shape index (κ3) is 1.36. The van der Waals surface area contributed by atoms with Gasteiger partial charge in [0.25, 0.3) is 0 Å². The predicted octanol–water partition coefficient (Wildman–Crippen LogP) is 3.06. The van der Waals surface area contributed by atoms with Gasteiger partial charge in [-0.15, -0.1) is 0 Å². The summed E-state index contributed by atoms with van der Waals surface area (Å²) < 4.78 is 44.2. The second-order valence-electron chi connectivity index (χ2n) is 2.72. The van der Waals surface area contributed by atoms with Crippen LogP contribution in [0, 0.1) is 24.4 Å². The number of ether oxygens (including phenoxy) is 1. The highest BCUT2D eigenvalue weighted by Crippen LogP contribution is 2.31. The van der Waals surface area contributed by atoms with E-state index in [0.717, 1.165) is 13.0 Å². The molecule has 4 heteroatoms. The minimum atomic E-state index is -1.21. The molecule has 1 aromatic rings. The van der Waals surface area contributed by atoms with E-state index in [9.17, 15) is 13.2 Å². The van der Waals surface area contributed by atoms with Gasteiger partial charge in [-0.05, 0) is 6.92 Å². The largest absolute Gasteiger partial charge is 0.493 e. The third-order valence-electron chi connectivity index (χ3n) is 1.94. The maximum atomic E-state index is 13.3. The normalized spacial score (nSPS) is 10.1. The number of hydrogen-bond acceptors (Lipinski definition) is 1. The molecular formula is C10H9F3O. The van der Waals surface area contributed by atoms with Gasteiger partial charge < -0.3 is 4.74 Å². The molecule has 0 saturated heterocycles. The summed E-state index contributed by atoms with van der Waals surface area (Å²) in [5, 5.41) is 0. The molecule has 0 aliphatic rings. The SMILES string of the molecule is C=Cc1c(F)c(F)c(C)c(F)c1OC. The van der Waals surface area contributed by atoms with E-state index in [1.165, 1.54) is 7.11 Å². The number of halogens is 3. The standard InChI is InChI=1S/C10H9F3O/c1-4-6-9(13)7(11)5(2)8(12)10(6)14-3/h4H,1H2,2-3H3. The van der Waals surface area contributed by atoms with E-state index in [-0.39, 0.29) is 11.3 Å². The van der Waals surface area contributed by atoms with Crippen LogP contribution in [0.5, 0.6) is 5.75 Å². The van der Waals surface area contributed by atoms with E-state index >= 15 is 0 Å². The lowest BCUT2D eigenvalue weighted by atomic mass is 10.1. The Morgan fingerprint density at radius 2 is 1.71 bits per heavy atom. The van der Waals surface area contributed by atoms with Crippen LogP contribution in [0.1, 0.15) is 11.1 Å². The smallest absolute Gasteiger partial charge is 0.171 e. The minimum absolute atomic E-state index is 0.298. The molecule has 0 atom stereocenters. The molecule has 0 fully saturated rings. The number of hydrogen-bond donors (Lipinski definition) is 0. The third-order valence-corrected chi connectivity index (χ3v) is 1.94. The predicted molar refractivity (Wildman–Crippen MR) is 47.7 cm³/mol. The van der Waals surface area contributed by atoms with Gasteiger partial charge in [0.1, 0.15) is 0 Å². The van der Waals surface area contributed by atoms with Crippen LogP contribution in [0.2, 0.25) is 0 Å².